The van der Waals surface area contributed by atoms with E-state index in [1.807, 2.05) is 37.4 Å². The summed E-state index contributed by atoms with van der Waals surface area (Å²) >= 11 is 1.36. The van der Waals surface area contributed by atoms with Gasteiger partial charge in [-0.3, -0.25) is 14.2 Å². The summed E-state index contributed by atoms with van der Waals surface area (Å²) in [6.07, 6.45) is 4.06. The Labute approximate surface area is 172 Å². The topological polar surface area (TPSA) is 76.0 Å². The number of halogens is 1. The molecule has 0 unspecified atom stereocenters. The van der Waals surface area contributed by atoms with E-state index < -0.39 is 5.91 Å². The summed E-state index contributed by atoms with van der Waals surface area (Å²) in [5.41, 5.74) is 2.63. The predicted molar refractivity (Wildman–Crippen MR) is 112 cm³/mol. The molecule has 0 radical (unpaired) electrons. The van der Waals surface area contributed by atoms with Gasteiger partial charge in [-0.2, -0.15) is 0 Å². The summed E-state index contributed by atoms with van der Waals surface area (Å²) in [6, 6.07) is 13.3. The van der Waals surface area contributed by atoms with E-state index >= 15 is 0 Å². The SMILES string of the molecule is CCc1ccccc1NC(=O)CNC(=O)c1cnc(SC)n1-c1ccc(F)cc1. The molecule has 0 saturated heterocycles. The molecule has 0 aliphatic heterocycles. The number of benzene rings is 2. The lowest BCUT2D eigenvalue weighted by Gasteiger charge is -2.12. The van der Waals surface area contributed by atoms with Crippen molar-refractivity contribution in [3.63, 3.8) is 0 Å². The number of imidazole rings is 1. The van der Waals surface area contributed by atoms with E-state index in [0.717, 1.165) is 17.7 Å². The van der Waals surface area contributed by atoms with Crippen LogP contribution >= 0.6 is 11.8 Å². The van der Waals surface area contributed by atoms with Crippen molar-refractivity contribution in [2.24, 2.45) is 0 Å². The average Bonchev–Trinajstić information content (AvgIpc) is 3.17. The van der Waals surface area contributed by atoms with E-state index in [-0.39, 0.29) is 24.0 Å². The first kappa shape index (κ1) is 20.6. The van der Waals surface area contributed by atoms with Gasteiger partial charge in [0, 0.05) is 11.4 Å². The van der Waals surface area contributed by atoms with Crippen LogP contribution in [-0.4, -0.2) is 34.2 Å². The molecular formula is C21H21FN4O2S. The summed E-state index contributed by atoms with van der Waals surface area (Å²) in [5.74, 6) is -1.13. The molecule has 2 N–H and O–H groups in total. The summed E-state index contributed by atoms with van der Waals surface area (Å²) in [4.78, 5) is 29.2. The van der Waals surface area contributed by atoms with Gasteiger partial charge >= 0.3 is 0 Å². The normalized spacial score (nSPS) is 10.6. The highest BCUT2D eigenvalue weighted by Crippen LogP contribution is 2.22. The van der Waals surface area contributed by atoms with Crippen LogP contribution in [0, 0.1) is 5.82 Å². The third-order valence-electron chi connectivity index (χ3n) is 4.31. The van der Waals surface area contributed by atoms with Crippen LogP contribution in [0.15, 0.2) is 59.9 Å². The number of amides is 2. The smallest absolute Gasteiger partial charge is 0.270 e. The molecule has 0 fully saturated rings. The van der Waals surface area contributed by atoms with Crippen LogP contribution in [0.2, 0.25) is 0 Å². The molecule has 0 atom stereocenters. The molecule has 29 heavy (non-hydrogen) atoms. The van der Waals surface area contributed by atoms with Gasteiger partial charge in [-0.15, -0.1) is 0 Å². The average molecular weight is 412 g/mol. The first-order chi connectivity index (χ1) is 14.0. The zero-order valence-corrected chi connectivity index (χ0v) is 16.9. The van der Waals surface area contributed by atoms with Gasteiger partial charge in [0.25, 0.3) is 5.91 Å². The van der Waals surface area contributed by atoms with Crippen molar-refractivity contribution in [3.8, 4) is 5.69 Å². The second-order valence-electron chi connectivity index (χ2n) is 6.18. The van der Waals surface area contributed by atoms with Crippen LogP contribution in [0.1, 0.15) is 23.0 Å². The fraction of sp³-hybridized carbons (Fsp3) is 0.190. The maximum atomic E-state index is 13.3. The Kier molecular flexibility index (Phi) is 6.66. The predicted octanol–water partition coefficient (Wildman–Crippen LogP) is 3.66. The zero-order valence-electron chi connectivity index (χ0n) is 16.1. The Morgan fingerprint density at radius 1 is 1.14 bits per heavy atom. The van der Waals surface area contributed by atoms with Crippen LogP contribution in [0.25, 0.3) is 5.69 Å². The number of carbonyl (C=O) groups is 2. The maximum Gasteiger partial charge on any atom is 0.270 e. The Balaban J connectivity index is 1.72. The lowest BCUT2D eigenvalue weighted by molar-refractivity contribution is -0.115. The third-order valence-corrected chi connectivity index (χ3v) is 4.96. The molecule has 150 valence electrons. The number of hydrogen-bond donors (Lipinski definition) is 2. The number of nitrogens with one attached hydrogen (secondary N) is 2. The number of carbonyl (C=O) groups excluding carboxylic acids is 2. The molecule has 3 rings (SSSR count). The first-order valence-corrected chi connectivity index (χ1v) is 10.3. The van der Waals surface area contributed by atoms with Crippen LogP contribution in [0.4, 0.5) is 10.1 Å². The number of para-hydroxylation sites is 1. The molecule has 0 aliphatic carbocycles. The van der Waals surface area contributed by atoms with E-state index in [1.165, 1.54) is 30.1 Å². The largest absolute Gasteiger partial charge is 0.342 e. The molecule has 8 heteroatoms. The summed E-state index contributed by atoms with van der Waals surface area (Å²) < 4.78 is 14.9. The molecule has 0 aliphatic rings. The van der Waals surface area contributed by atoms with Crippen LogP contribution in [-0.2, 0) is 11.2 Å². The minimum atomic E-state index is -0.443. The number of aromatic nitrogens is 2. The van der Waals surface area contributed by atoms with Crippen molar-refractivity contribution < 1.29 is 14.0 Å². The minimum Gasteiger partial charge on any atom is -0.342 e. The maximum absolute atomic E-state index is 13.3. The van der Waals surface area contributed by atoms with Crippen molar-refractivity contribution in [1.29, 1.82) is 0 Å². The molecular weight excluding hydrogens is 391 g/mol. The van der Waals surface area contributed by atoms with E-state index in [4.69, 9.17) is 0 Å². The van der Waals surface area contributed by atoms with E-state index in [2.05, 4.69) is 15.6 Å². The fourth-order valence-corrected chi connectivity index (χ4v) is 3.42. The standard InChI is InChI=1S/C21H21FN4O2S/c1-3-14-6-4-5-7-17(14)25-19(27)13-23-20(28)18-12-24-21(29-2)26(18)16-10-8-15(22)9-11-16/h4-12H,3,13H2,1-2H3,(H,23,28)(H,25,27). The summed E-state index contributed by atoms with van der Waals surface area (Å²) in [6.45, 7) is 1.83. The van der Waals surface area contributed by atoms with Crippen molar-refractivity contribution >= 4 is 29.3 Å². The van der Waals surface area contributed by atoms with Crippen LogP contribution in [0.5, 0.6) is 0 Å². The molecule has 0 spiro atoms. The van der Waals surface area contributed by atoms with E-state index in [0.29, 0.717) is 10.8 Å². The van der Waals surface area contributed by atoms with Crippen molar-refractivity contribution in [3.05, 3.63) is 71.8 Å². The first-order valence-electron chi connectivity index (χ1n) is 9.07. The lowest BCUT2D eigenvalue weighted by atomic mass is 10.1. The summed E-state index contributed by atoms with van der Waals surface area (Å²) in [5, 5.41) is 6.02. The molecule has 2 aromatic carbocycles. The van der Waals surface area contributed by atoms with Crippen molar-refractivity contribution in [2.75, 3.05) is 18.1 Å². The number of anilines is 1. The van der Waals surface area contributed by atoms with Crippen molar-refractivity contribution in [2.45, 2.75) is 18.5 Å². The van der Waals surface area contributed by atoms with Crippen LogP contribution in [0.3, 0.4) is 0 Å². The minimum absolute atomic E-state index is 0.180. The van der Waals surface area contributed by atoms with Gasteiger partial charge in [-0.25, -0.2) is 9.37 Å². The Hall–Kier alpha value is -3.13. The summed E-state index contributed by atoms with van der Waals surface area (Å²) in [7, 11) is 0. The highest BCUT2D eigenvalue weighted by molar-refractivity contribution is 7.98. The van der Waals surface area contributed by atoms with Crippen LogP contribution < -0.4 is 10.6 Å². The quantitative estimate of drug-likeness (QED) is 0.581. The fourth-order valence-electron chi connectivity index (χ4n) is 2.87. The highest BCUT2D eigenvalue weighted by atomic mass is 32.2. The number of hydrogen-bond acceptors (Lipinski definition) is 4. The Morgan fingerprint density at radius 2 is 1.86 bits per heavy atom. The Bertz CT molecular complexity index is 1020. The number of nitrogens with zero attached hydrogens (tertiary/aromatic N) is 2. The number of thioether (sulfide) groups is 1. The van der Waals surface area contributed by atoms with Gasteiger partial charge in [0.1, 0.15) is 11.5 Å². The van der Waals surface area contributed by atoms with E-state index in [9.17, 15) is 14.0 Å². The zero-order chi connectivity index (χ0) is 20.8. The third kappa shape index (κ3) is 4.83. The molecule has 6 nitrogen and oxygen atoms in total. The number of rotatable bonds is 7. The molecule has 0 bridgehead atoms. The Morgan fingerprint density at radius 3 is 2.55 bits per heavy atom. The number of aryl methyl sites for hydroxylation is 1. The van der Waals surface area contributed by atoms with Gasteiger partial charge in [0.2, 0.25) is 5.91 Å². The van der Waals surface area contributed by atoms with Gasteiger partial charge in [0.05, 0.1) is 12.7 Å². The molecule has 1 aromatic heterocycles. The van der Waals surface area contributed by atoms with Gasteiger partial charge in [-0.05, 0) is 48.6 Å². The van der Waals surface area contributed by atoms with Gasteiger partial charge < -0.3 is 10.6 Å². The lowest BCUT2D eigenvalue weighted by Crippen LogP contribution is -2.34. The second-order valence-corrected chi connectivity index (χ2v) is 6.96. The van der Waals surface area contributed by atoms with Gasteiger partial charge in [-0.1, -0.05) is 36.9 Å². The van der Waals surface area contributed by atoms with E-state index in [1.54, 1.807) is 16.7 Å². The molecule has 3 aromatic rings. The highest BCUT2D eigenvalue weighted by Gasteiger charge is 2.18. The molecule has 1 heterocycles. The van der Waals surface area contributed by atoms with Crippen molar-refractivity contribution in [1.82, 2.24) is 14.9 Å². The second kappa shape index (κ2) is 9.38. The molecule has 2 amide bonds. The van der Waals surface area contributed by atoms with Gasteiger partial charge in [0.15, 0.2) is 5.16 Å². The monoisotopic (exact) mass is 412 g/mol. The molecule has 0 saturated carbocycles.